The van der Waals surface area contributed by atoms with Gasteiger partial charge in [0.2, 0.25) is 0 Å². The minimum absolute atomic E-state index is 0.740. The van der Waals surface area contributed by atoms with Crippen LogP contribution in [0, 0.1) is 0 Å². The number of hydrogen-bond donors (Lipinski definition) is 0. The van der Waals surface area contributed by atoms with Gasteiger partial charge in [0.1, 0.15) is 0 Å². The molecule has 0 radical (unpaired) electrons. The molecule has 0 atom stereocenters. The predicted molar refractivity (Wildman–Crippen MR) is 225 cm³/mol. The van der Waals surface area contributed by atoms with E-state index in [9.17, 15) is 0 Å². The Labute approximate surface area is 318 Å². The molecule has 8 heteroatoms. The maximum atomic E-state index is 5.71. The fourth-order valence-corrected chi connectivity index (χ4v) is 8.45. The van der Waals surface area contributed by atoms with E-state index in [0.717, 1.165) is 120 Å². The first-order valence-corrected chi connectivity index (χ1v) is 18.4. The van der Waals surface area contributed by atoms with Gasteiger partial charge in [0.25, 0.3) is 0 Å². The smallest absolute Gasteiger partial charge is 0.0979 e. The average Bonchev–Trinajstić information content (AvgIpc) is 3.27. The van der Waals surface area contributed by atoms with Gasteiger partial charge in [-0.2, -0.15) is 0 Å². The van der Waals surface area contributed by atoms with Gasteiger partial charge in [-0.25, -0.2) is 9.97 Å². The third-order valence-electron chi connectivity index (χ3n) is 11.0. The summed E-state index contributed by atoms with van der Waals surface area (Å²) < 4.78 is 0. The Morgan fingerprint density at radius 1 is 0.375 bits per heavy atom. The topological polar surface area (TPSA) is 103 Å². The van der Waals surface area contributed by atoms with Crippen LogP contribution in [0.3, 0.4) is 0 Å². The van der Waals surface area contributed by atoms with Crippen molar-refractivity contribution < 1.29 is 0 Å². The van der Waals surface area contributed by atoms with Gasteiger partial charge in [0, 0.05) is 116 Å². The molecule has 0 aliphatic heterocycles. The molecule has 0 unspecified atom stereocenters. The van der Waals surface area contributed by atoms with Crippen molar-refractivity contribution in [3.8, 4) is 33.8 Å². The first-order chi connectivity index (χ1) is 27.8. The number of pyridine rings is 8. The largest absolute Gasteiger partial charge is 0.264 e. The Kier molecular flexibility index (Phi) is 6.47. The van der Waals surface area contributed by atoms with E-state index in [0.29, 0.717) is 0 Å². The summed E-state index contributed by atoms with van der Waals surface area (Å²) in [6, 6.07) is 35.6. The fraction of sp³-hybridized carbons (Fsp3) is 0. The van der Waals surface area contributed by atoms with Crippen molar-refractivity contribution in [2.24, 2.45) is 0 Å². The van der Waals surface area contributed by atoms with Crippen molar-refractivity contribution in [1.82, 2.24) is 39.9 Å². The number of benzene rings is 4. The van der Waals surface area contributed by atoms with Gasteiger partial charge in [-0.05, 0) is 94.3 Å². The Hall–Kier alpha value is -7.84. The van der Waals surface area contributed by atoms with Gasteiger partial charge in [-0.1, -0.05) is 30.3 Å². The first-order valence-electron chi connectivity index (χ1n) is 18.4. The van der Waals surface area contributed by atoms with Crippen molar-refractivity contribution in [3.63, 3.8) is 0 Å². The minimum atomic E-state index is 0.740. The van der Waals surface area contributed by atoms with Gasteiger partial charge < -0.3 is 0 Å². The highest BCUT2D eigenvalue weighted by atomic mass is 14.8. The highest BCUT2D eigenvalue weighted by Crippen LogP contribution is 2.46. The third-order valence-corrected chi connectivity index (χ3v) is 11.0. The van der Waals surface area contributed by atoms with E-state index in [1.165, 1.54) is 0 Å². The van der Waals surface area contributed by atoms with Crippen LogP contribution >= 0.6 is 0 Å². The number of aromatic nitrogens is 8. The Bertz CT molecular complexity index is 3620. The summed E-state index contributed by atoms with van der Waals surface area (Å²) in [7, 11) is 0. The van der Waals surface area contributed by atoms with Crippen molar-refractivity contribution >= 4 is 86.7 Å². The van der Waals surface area contributed by atoms with Crippen molar-refractivity contribution in [2.45, 2.75) is 0 Å². The zero-order chi connectivity index (χ0) is 36.7. The molecule has 0 aliphatic rings. The third kappa shape index (κ3) is 4.53. The van der Waals surface area contributed by atoms with Crippen molar-refractivity contribution in [1.29, 1.82) is 0 Å². The molecule has 12 rings (SSSR count). The Morgan fingerprint density at radius 2 is 1.04 bits per heavy atom. The van der Waals surface area contributed by atoms with Crippen LogP contribution in [0.4, 0.5) is 0 Å². The van der Waals surface area contributed by atoms with Crippen LogP contribution in [-0.2, 0) is 0 Å². The lowest BCUT2D eigenvalue weighted by Crippen LogP contribution is -2.00. The van der Waals surface area contributed by atoms with E-state index in [1.54, 1.807) is 0 Å². The quantitative estimate of drug-likeness (QED) is 0.167. The van der Waals surface area contributed by atoms with E-state index >= 15 is 0 Å². The number of hydrogen-bond acceptors (Lipinski definition) is 8. The zero-order valence-corrected chi connectivity index (χ0v) is 29.6. The summed E-state index contributed by atoms with van der Waals surface area (Å²) in [6.07, 6.45) is 16.8. The summed E-state index contributed by atoms with van der Waals surface area (Å²) in [5.41, 5.74) is 8.54. The minimum Gasteiger partial charge on any atom is -0.264 e. The van der Waals surface area contributed by atoms with Crippen LogP contribution in [0.25, 0.3) is 120 Å². The molecule has 0 saturated heterocycles. The second-order valence-electron chi connectivity index (χ2n) is 14.0. The molecule has 0 N–H and O–H groups in total. The maximum absolute atomic E-state index is 5.71. The molecule has 0 spiro atoms. The SMILES string of the molecule is c1cnc2c(-c3c(-c4ccc5c(ccc6ccncc65)n4)nc(-c4cnc5ccc6ccncc6c5c4)c4c3ccc3ncccc34)cc3ccncc3c2c1. The van der Waals surface area contributed by atoms with E-state index in [-0.39, 0.29) is 0 Å². The molecular weight excluding hydrogens is 689 g/mol. The van der Waals surface area contributed by atoms with Crippen LogP contribution in [0.15, 0.2) is 159 Å². The van der Waals surface area contributed by atoms with Crippen LogP contribution in [0.1, 0.15) is 0 Å². The number of rotatable bonds is 3. The first kappa shape index (κ1) is 30.6. The summed E-state index contributed by atoms with van der Waals surface area (Å²) in [5, 5.41) is 12.4. The van der Waals surface area contributed by atoms with Gasteiger partial charge in [-0.3, -0.25) is 29.9 Å². The second-order valence-corrected chi connectivity index (χ2v) is 14.0. The molecule has 0 saturated carbocycles. The van der Waals surface area contributed by atoms with E-state index in [1.807, 2.05) is 80.0 Å². The van der Waals surface area contributed by atoms with Crippen LogP contribution < -0.4 is 0 Å². The molecule has 56 heavy (non-hydrogen) atoms. The molecule has 258 valence electrons. The zero-order valence-electron chi connectivity index (χ0n) is 29.6. The molecule has 0 bridgehead atoms. The summed E-state index contributed by atoms with van der Waals surface area (Å²) >= 11 is 0. The van der Waals surface area contributed by atoms with E-state index < -0.39 is 0 Å². The standard InChI is InChI=1S/C48H26N8/c1-3-32-39-26-51-20-15-29(39)21-36(47(32)53-17-1)45-34-8-11-40-33(4-2-16-52-40)44(34)46(30-22-35-38-25-50-19-14-28(38)5-9-41(35)54-23-30)56-48(45)43-12-7-31-37-24-49-18-13-27(37)6-10-42(31)55-43/h1-26H. The Morgan fingerprint density at radius 3 is 1.86 bits per heavy atom. The lowest BCUT2D eigenvalue weighted by Gasteiger charge is -2.20. The molecule has 0 aliphatic carbocycles. The number of fused-ring (bicyclic) bond motifs is 12. The lowest BCUT2D eigenvalue weighted by atomic mass is 9.88. The van der Waals surface area contributed by atoms with Crippen molar-refractivity contribution in [3.05, 3.63) is 159 Å². The predicted octanol–water partition coefficient (Wildman–Crippen LogP) is 11.1. The molecule has 0 amide bonds. The van der Waals surface area contributed by atoms with E-state index in [4.69, 9.17) is 24.9 Å². The summed E-state index contributed by atoms with van der Waals surface area (Å²) in [5.74, 6) is 0. The molecular formula is C48H26N8. The van der Waals surface area contributed by atoms with Crippen molar-refractivity contribution in [2.75, 3.05) is 0 Å². The monoisotopic (exact) mass is 714 g/mol. The molecule has 8 heterocycles. The highest BCUT2D eigenvalue weighted by molar-refractivity contribution is 6.23. The average molecular weight is 715 g/mol. The maximum Gasteiger partial charge on any atom is 0.0979 e. The molecule has 8 aromatic heterocycles. The molecule has 0 fully saturated rings. The second kappa shape index (κ2) is 11.8. The highest BCUT2D eigenvalue weighted by Gasteiger charge is 2.24. The van der Waals surface area contributed by atoms with Gasteiger partial charge in [-0.15, -0.1) is 0 Å². The summed E-state index contributed by atoms with van der Waals surface area (Å²) in [6.45, 7) is 0. The van der Waals surface area contributed by atoms with Gasteiger partial charge >= 0.3 is 0 Å². The van der Waals surface area contributed by atoms with Crippen LogP contribution in [0.5, 0.6) is 0 Å². The van der Waals surface area contributed by atoms with E-state index in [2.05, 4.69) is 93.8 Å². The van der Waals surface area contributed by atoms with Gasteiger partial charge in [0.05, 0.1) is 39.1 Å². The normalized spacial score (nSPS) is 11.9. The fourth-order valence-electron chi connectivity index (χ4n) is 8.45. The lowest BCUT2D eigenvalue weighted by molar-refractivity contribution is 1.29. The molecule has 8 nitrogen and oxygen atoms in total. The molecule has 12 aromatic rings. The van der Waals surface area contributed by atoms with Crippen LogP contribution in [0.2, 0.25) is 0 Å². The Balaban J connectivity index is 1.26. The van der Waals surface area contributed by atoms with Gasteiger partial charge in [0.15, 0.2) is 0 Å². The molecule has 4 aromatic carbocycles. The summed E-state index contributed by atoms with van der Waals surface area (Å²) in [4.78, 5) is 39.3. The van der Waals surface area contributed by atoms with Crippen LogP contribution in [-0.4, -0.2) is 39.9 Å². The number of nitrogens with zero attached hydrogens (tertiary/aromatic N) is 8.